The highest BCUT2D eigenvalue weighted by Gasteiger charge is 2.29. The molecule has 1 atom stereocenters. The second kappa shape index (κ2) is 2.88. The van der Waals surface area contributed by atoms with Crippen LogP contribution < -0.4 is 5.32 Å². The van der Waals surface area contributed by atoms with Crippen molar-refractivity contribution in [2.75, 3.05) is 5.32 Å². The van der Waals surface area contributed by atoms with Gasteiger partial charge in [-0.1, -0.05) is 0 Å². The Morgan fingerprint density at radius 2 is 2.50 bits per heavy atom. The first-order valence-electron chi connectivity index (χ1n) is 4.83. The number of carboxylic acids is 1. The molecular weight excluding hydrogens is 210 g/mol. The third kappa shape index (κ3) is 1.01. The highest BCUT2D eigenvalue weighted by molar-refractivity contribution is 5.87. The summed E-state index contributed by atoms with van der Waals surface area (Å²) in [7, 11) is 0. The Morgan fingerprint density at radius 3 is 3.25 bits per heavy atom. The van der Waals surface area contributed by atoms with Gasteiger partial charge in [0.2, 0.25) is 5.88 Å². The average molecular weight is 219 g/mol. The molecule has 16 heavy (non-hydrogen) atoms. The van der Waals surface area contributed by atoms with Gasteiger partial charge in [0, 0.05) is 6.07 Å². The van der Waals surface area contributed by atoms with E-state index in [0.29, 0.717) is 11.6 Å². The number of hydrogen-bond acceptors (Lipinski definition) is 4. The van der Waals surface area contributed by atoms with Crippen molar-refractivity contribution in [3.8, 4) is 5.88 Å². The molecule has 2 aromatic rings. The van der Waals surface area contributed by atoms with Crippen molar-refractivity contribution in [3.05, 3.63) is 30.0 Å². The molecule has 2 aromatic heterocycles. The number of rotatable bonds is 1. The number of furan rings is 1. The van der Waals surface area contributed by atoms with Gasteiger partial charge in [0.05, 0.1) is 23.7 Å². The van der Waals surface area contributed by atoms with Crippen molar-refractivity contribution in [2.24, 2.45) is 0 Å². The maximum absolute atomic E-state index is 11.0. The number of aromatic carboxylic acids is 1. The fourth-order valence-electron chi connectivity index (χ4n) is 2.00. The Kier molecular flexibility index (Phi) is 1.62. The summed E-state index contributed by atoms with van der Waals surface area (Å²) in [6.45, 7) is 1.88. The number of carbonyl (C=O) groups is 1. The molecule has 0 bridgehead atoms. The molecule has 6 heteroatoms. The lowest BCUT2D eigenvalue weighted by Crippen LogP contribution is -2.20. The number of aromatic nitrogens is 2. The van der Waals surface area contributed by atoms with E-state index in [2.05, 4.69) is 10.3 Å². The van der Waals surface area contributed by atoms with Crippen molar-refractivity contribution >= 4 is 11.7 Å². The highest BCUT2D eigenvalue weighted by Crippen LogP contribution is 2.34. The smallest absolute Gasteiger partial charge is 0.356 e. The number of imidazole rings is 1. The van der Waals surface area contributed by atoms with E-state index in [4.69, 9.17) is 9.52 Å². The summed E-state index contributed by atoms with van der Waals surface area (Å²) >= 11 is 0. The normalized spacial score (nSPS) is 17.4. The monoisotopic (exact) mass is 219 g/mol. The molecule has 0 saturated carbocycles. The predicted octanol–water partition coefficient (Wildman–Crippen LogP) is 1.65. The second-order valence-corrected chi connectivity index (χ2v) is 3.66. The van der Waals surface area contributed by atoms with E-state index < -0.39 is 5.97 Å². The van der Waals surface area contributed by atoms with E-state index in [-0.39, 0.29) is 11.7 Å². The Hall–Kier alpha value is -2.24. The summed E-state index contributed by atoms with van der Waals surface area (Å²) in [6.07, 6.45) is 3.03. The molecule has 82 valence electrons. The van der Waals surface area contributed by atoms with Crippen molar-refractivity contribution in [3.63, 3.8) is 0 Å². The molecule has 3 heterocycles. The SMILES string of the molecule is C[C@@H]1Nc2ccoc2-n2cnc(C(=O)O)c21. The summed E-state index contributed by atoms with van der Waals surface area (Å²) in [5, 5.41) is 12.2. The zero-order valence-corrected chi connectivity index (χ0v) is 8.47. The molecular formula is C10H9N3O3. The Balaban J connectivity index is 2.27. The van der Waals surface area contributed by atoms with E-state index in [1.54, 1.807) is 16.9 Å². The summed E-state index contributed by atoms with van der Waals surface area (Å²) in [5.74, 6) is -0.453. The number of fused-ring (bicyclic) bond motifs is 3. The maximum atomic E-state index is 11.0. The molecule has 3 rings (SSSR count). The van der Waals surface area contributed by atoms with Crippen LogP contribution >= 0.6 is 0 Å². The number of anilines is 1. The van der Waals surface area contributed by atoms with E-state index in [0.717, 1.165) is 5.69 Å². The predicted molar refractivity (Wildman–Crippen MR) is 54.8 cm³/mol. The minimum Gasteiger partial charge on any atom is -0.476 e. The van der Waals surface area contributed by atoms with Gasteiger partial charge in [-0.3, -0.25) is 4.57 Å². The molecule has 0 spiro atoms. The Morgan fingerprint density at radius 1 is 1.69 bits per heavy atom. The van der Waals surface area contributed by atoms with Crippen LogP contribution in [0.3, 0.4) is 0 Å². The quantitative estimate of drug-likeness (QED) is 0.762. The zero-order valence-electron chi connectivity index (χ0n) is 8.47. The van der Waals surface area contributed by atoms with Crippen LogP contribution in [0.5, 0.6) is 0 Å². The Bertz CT molecular complexity index is 570. The molecule has 0 unspecified atom stereocenters. The number of carboxylic acid groups (broad SMARTS) is 1. The van der Waals surface area contributed by atoms with Gasteiger partial charge in [-0.15, -0.1) is 0 Å². The van der Waals surface area contributed by atoms with Crippen molar-refractivity contribution in [1.82, 2.24) is 9.55 Å². The zero-order chi connectivity index (χ0) is 11.3. The molecule has 0 aliphatic carbocycles. The molecule has 0 aromatic carbocycles. The summed E-state index contributed by atoms with van der Waals surface area (Å²) in [4.78, 5) is 14.9. The minimum atomic E-state index is -1.03. The molecule has 6 nitrogen and oxygen atoms in total. The van der Waals surface area contributed by atoms with E-state index >= 15 is 0 Å². The van der Waals surface area contributed by atoms with E-state index in [9.17, 15) is 4.79 Å². The van der Waals surface area contributed by atoms with Crippen molar-refractivity contribution < 1.29 is 14.3 Å². The Labute approximate surface area is 90.5 Å². The molecule has 1 aliphatic rings. The summed E-state index contributed by atoms with van der Waals surface area (Å²) in [5.41, 5.74) is 1.51. The molecule has 0 fully saturated rings. The third-order valence-corrected chi connectivity index (χ3v) is 2.65. The second-order valence-electron chi connectivity index (χ2n) is 3.66. The minimum absolute atomic E-state index is 0.0575. The molecule has 0 amide bonds. The standard InChI is InChI=1S/C10H9N3O3/c1-5-8-7(10(14)15)11-4-13(8)9-6(12-5)2-3-16-9/h2-5,12H,1H3,(H,14,15)/t5-/m0/s1. The first-order chi connectivity index (χ1) is 7.68. The van der Waals surface area contributed by atoms with Crippen LogP contribution in [0.1, 0.15) is 29.1 Å². The number of hydrogen-bond donors (Lipinski definition) is 2. The van der Waals surface area contributed by atoms with Crippen LogP contribution in [0.4, 0.5) is 5.69 Å². The lowest BCUT2D eigenvalue weighted by atomic mass is 10.1. The molecule has 0 saturated heterocycles. The van der Waals surface area contributed by atoms with E-state index in [1.165, 1.54) is 6.33 Å². The van der Waals surface area contributed by atoms with Gasteiger partial charge in [0.1, 0.15) is 6.33 Å². The van der Waals surface area contributed by atoms with Crippen LogP contribution in [-0.2, 0) is 0 Å². The van der Waals surface area contributed by atoms with Crippen LogP contribution in [-0.4, -0.2) is 20.6 Å². The lowest BCUT2D eigenvalue weighted by molar-refractivity contribution is 0.0689. The van der Waals surface area contributed by atoms with Gasteiger partial charge in [-0.2, -0.15) is 0 Å². The summed E-state index contributed by atoms with van der Waals surface area (Å²) < 4.78 is 6.96. The molecule has 0 radical (unpaired) electrons. The maximum Gasteiger partial charge on any atom is 0.356 e. The third-order valence-electron chi connectivity index (χ3n) is 2.65. The molecule has 2 N–H and O–H groups in total. The van der Waals surface area contributed by atoms with Gasteiger partial charge in [0.25, 0.3) is 0 Å². The van der Waals surface area contributed by atoms with Gasteiger partial charge < -0.3 is 14.8 Å². The van der Waals surface area contributed by atoms with Gasteiger partial charge in [-0.25, -0.2) is 9.78 Å². The van der Waals surface area contributed by atoms with Crippen LogP contribution in [0, 0.1) is 0 Å². The van der Waals surface area contributed by atoms with Crippen molar-refractivity contribution in [1.29, 1.82) is 0 Å². The average Bonchev–Trinajstić information content (AvgIpc) is 2.80. The molecule has 1 aliphatic heterocycles. The van der Waals surface area contributed by atoms with Crippen LogP contribution in [0.25, 0.3) is 5.88 Å². The van der Waals surface area contributed by atoms with Crippen molar-refractivity contribution in [2.45, 2.75) is 13.0 Å². The lowest BCUT2D eigenvalue weighted by Gasteiger charge is -2.22. The largest absolute Gasteiger partial charge is 0.476 e. The first kappa shape index (κ1) is 9.02. The van der Waals surface area contributed by atoms with Crippen LogP contribution in [0.15, 0.2) is 23.1 Å². The number of nitrogens with one attached hydrogen (secondary N) is 1. The van der Waals surface area contributed by atoms with Crippen LogP contribution in [0.2, 0.25) is 0 Å². The fourth-order valence-corrected chi connectivity index (χ4v) is 2.00. The van der Waals surface area contributed by atoms with E-state index in [1.807, 2.05) is 6.92 Å². The number of nitrogens with zero attached hydrogens (tertiary/aromatic N) is 2. The van der Waals surface area contributed by atoms with Gasteiger partial charge >= 0.3 is 5.97 Å². The fraction of sp³-hybridized carbons (Fsp3) is 0.200. The highest BCUT2D eigenvalue weighted by atomic mass is 16.4. The van der Waals surface area contributed by atoms with Gasteiger partial charge in [0.15, 0.2) is 5.69 Å². The van der Waals surface area contributed by atoms with Gasteiger partial charge in [-0.05, 0) is 6.92 Å². The topological polar surface area (TPSA) is 80.3 Å². The first-order valence-corrected chi connectivity index (χ1v) is 4.83. The summed E-state index contributed by atoms with van der Waals surface area (Å²) in [6, 6.07) is 1.69.